The summed E-state index contributed by atoms with van der Waals surface area (Å²) >= 11 is 7.05. The molecule has 1 amide bonds. The lowest BCUT2D eigenvalue weighted by Gasteiger charge is -2.07. The van der Waals surface area contributed by atoms with E-state index in [1.54, 1.807) is 30.5 Å². The first-order valence-electron chi connectivity index (χ1n) is 8.40. The summed E-state index contributed by atoms with van der Waals surface area (Å²) in [5, 5.41) is 15.5. The Kier molecular flexibility index (Phi) is 6.84. The molecule has 0 radical (unpaired) electrons. The van der Waals surface area contributed by atoms with Crippen molar-refractivity contribution >= 4 is 46.6 Å². The number of nitriles is 1. The zero-order valence-corrected chi connectivity index (χ0v) is 16.3. The Labute approximate surface area is 172 Å². The standard InChI is InChI=1S/C20H16ClN5OS/c21-11-9-18(27)24-15-5-7-17(8-6-15)28-19-10-12-23-20(26-19)25-16-3-1-14(13-22)2-4-16/h1-8,10,12H,9,11H2,(H,24,27)(H,23,25,26). The summed E-state index contributed by atoms with van der Waals surface area (Å²) < 4.78 is 0. The lowest BCUT2D eigenvalue weighted by molar-refractivity contribution is -0.115. The van der Waals surface area contributed by atoms with E-state index in [4.69, 9.17) is 16.9 Å². The second-order valence-corrected chi connectivity index (χ2v) is 7.12. The largest absolute Gasteiger partial charge is 0.326 e. The van der Waals surface area contributed by atoms with Crippen LogP contribution in [0.25, 0.3) is 0 Å². The predicted octanol–water partition coefficient (Wildman–Crippen LogP) is 4.81. The highest BCUT2D eigenvalue weighted by atomic mass is 35.5. The number of hydrogen-bond donors (Lipinski definition) is 2. The van der Waals surface area contributed by atoms with Crippen molar-refractivity contribution in [1.29, 1.82) is 5.26 Å². The molecule has 2 N–H and O–H groups in total. The quantitative estimate of drug-likeness (QED) is 0.429. The fourth-order valence-electron chi connectivity index (χ4n) is 2.25. The first-order chi connectivity index (χ1) is 13.7. The molecule has 0 fully saturated rings. The first-order valence-corrected chi connectivity index (χ1v) is 9.75. The van der Waals surface area contributed by atoms with Crippen LogP contribution in [-0.4, -0.2) is 21.8 Å². The average molecular weight is 410 g/mol. The number of carbonyl (C=O) groups is 1. The van der Waals surface area contributed by atoms with Crippen molar-refractivity contribution in [3.05, 3.63) is 66.4 Å². The monoisotopic (exact) mass is 409 g/mol. The SMILES string of the molecule is N#Cc1ccc(Nc2nccc(Sc3ccc(NC(=O)CCCl)cc3)n2)cc1. The number of benzene rings is 2. The minimum absolute atomic E-state index is 0.107. The van der Waals surface area contributed by atoms with Crippen molar-refractivity contribution in [2.24, 2.45) is 0 Å². The van der Waals surface area contributed by atoms with Crippen LogP contribution in [-0.2, 0) is 4.79 Å². The predicted molar refractivity (Wildman–Crippen MR) is 111 cm³/mol. The van der Waals surface area contributed by atoms with Crippen molar-refractivity contribution in [2.45, 2.75) is 16.3 Å². The van der Waals surface area contributed by atoms with Crippen LogP contribution >= 0.6 is 23.4 Å². The summed E-state index contributed by atoms with van der Waals surface area (Å²) in [6.45, 7) is 0. The lowest BCUT2D eigenvalue weighted by Crippen LogP contribution is -2.11. The number of halogens is 1. The summed E-state index contributed by atoms with van der Waals surface area (Å²) in [5.41, 5.74) is 2.13. The van der Waals surface area contributed by atoms with Gasteiger partial charge in [-0.05, 0) is 54.6 Å². The number of nitrogens with one attached hydrogen (secondary N) is 2. The van der Waals surface area contributed by atoms with Gasteiger partial charge in [0.15, 0.2) is 0 Å². The molecule has 0 saturated heterocycles. The van der Waals surface area contributed by atoms with E-state index in [0.29, 0.717) is 17.4 Å². The number of aromatic nitrogens is 2. The zero-order valence-electron chi connectivity index (χ0n) is 14.7. The Balaban J connectivity index is 1.63. The smallest absolute Gasteiger partial charge is 0.228 e. The summed E-state index contributed by atoms with van der Waals surface area (Å²) in [4.78, 5) is 21.3. The molecule has 0 aliphatic rings. The highest BCUT2D eigenvalue weighted by molar-refractivity contribution is 7.99. The van der Waals surface area contributed by atoms with Crippen LogP contribution in [0.2, 0.25) is 0 Å². The molecule has 2 aromatic carbocycles. The molecule has 28 heavy (non-hydrogen) atoms. The molecule has 3 aromatic rings. The molecule has 8 heteroatoms. The third-order valence-electron chi connectivity index (χ3n) is 3.58. The lowest BCUT2D eigenvalue weighted by atomic mass is 10.2. The van der Waals surface area contributed by atoms with Gasteiger partial charge in [0.25, 0.3) is 0 Å². The minimum atomic E-state index is -0.107. The molecule has 0 aliphatic heterocycles. The van der Waals surface area contributed by atoms with Gasteiger partial charge in [0.05, 0.1) is 11.6 Å². The van der Waals surface area contributed by atoms with Crippen molar-refractivity contribution in [3.8, 4) is 6.07 Å². The van der Waals surface area contributed by atoms with E-state index in [1.165, 1.54) is 11.8 Å². The van der Waals surface area contributed by atoms with Crippen LogP contribution in [0.4, 0.5) is 17.3 Å². The summed E-state index contributed by atoms with van der Waals surface area (Å²) in [7, 11) is 0. The third-order valence-corrected chi connectivity index (χ3v) is 4.72. The van der Waals surface area contributed by atoms with Crippen LogP contribution < -0.4 is 10.6 Å². The number of anilines is 3. The molecule has 0 aliphatic carbocycles. The van der Waals surface area contributed by atoms with Crippen molar-refractivity contribution in [2.75, 3.05) is 16.5 Å². The molecule has 0 bridgehead atoms. The third kappa shape index (κ3) is 5.71. The van der Waals surface area contributed by atoms with E-state index in [-0.39, 0.29) is 12.3 Å². The number of rotatable bonds is 7. The Morgan fingerprint density at radius 1 is 1.07 bits per heavy atom. The van der Waals surface area contributed by atoms with E-state index in [0.717, 1.165) is 21.3 Å². The topological polar surface area (TPSA) is 90.7 Å². The van der Waals surface area contributed by atoms with Gasteiger partial charge < -0.3 is 10.6 Å². The summed E-state index contributed by atoms with van der Waals surface area (Å²) in [5.74, 6) is 0.663. The Morgan fingerprint density at radius 3 is 2.46 bits per heavy atom. The fourth-order valence-corrected chi connectivity index (χ4v) is 3.20. The molecule has 6 nitrogen and oxygen atoms in total. The molecule has 0 unspecified atom stereocenters. The number of amides is 1. The maximum atomic E-state index is 11.6. The van der Waals surface area contributed by atoms with Crippen LogP contribution in [0.5, 0.6) is 0 Å². The second kappa shape index (κ2) is 9.74. The van der Waals surface area contributed by atoms with E-state index >= 15 is 0 Å². The molecule has 0 saturated carbocycles. The number of hydrogen-bond acceptors (Lipinski definition) is 6. The Bertz CT molecular complexity index is 987. The maximum absolute atomic E-state index is 11.6. The van der Waals surface area contributed by atoms with Gasteiger partial charge in [-0.25, -0.2) is 9.97 Å². The van der Waals surface area contributed by atoms with Gasteiger partial charge in [-0.3, -0.25) is 4.79 Å². The highest BCUT2D eigenvalue weighted by Gasteiger charge is 2.05. The van der Waals surface area contributed by atoms with Gasteiger partial charge in [-0.2, -0.15) is 5.26 Å². The second-order valence-electron chi connectivity index (χ2n) is 5.65. The first kappa shape index (κ1) is 19.7. The number of nitrogens with zero attached hydrogens (tertiary/aromatic N) is 3. The molecular formula is C20H16ClN5OS. The molecular weight excluding hydrogens is 394 g/mol. The van der Waals surface area contributed by atoms with Crippen molar-refractivity contribution < 1.29 is 4.79 Å². The van der Waals surface area contributed by atoms with Crippen LogP contribution in [0.1, 0.15) is 12.0 Å². The average Bonchev–Trinajstić information content (AvgIpc) is 2.71. The fraction of sp³-hybridized carbons (Fsp3) is 0.100. The van der Waals surface area contributed by atoms with Gasteiger partial charge in [0.2, 0.25) is 11.9 Å². The van der Waals surface area contributed by atoms with Gasteiger partial charge in [-0.15, -0.1) is 11.6 Å². The summed E-state index contributed by atoms with van der Waals surface area (Å²) in [6, 6.07) is 18.5. The molecule has 3 rings (SSSR count). The molecule has 1 heterocycles. The highest BCUT2D eigenvalue weighted by Crippen LogP contribution is 2.28. The Hall–Kier alpha value is -3.08. The van der Waals surface area contributed by atoms with Crippen molar-refractivity contribution in [1.82, 2.24) is 9.97 Å². The maximum Gasteiger partial charge on any atom is 0.228 e. The number of carbonyl (C=O) groups excluding carboxylic acids is 1. The normalized spacial score (nSPS) is 10.1. The molecule has 0 spiro atoms. The van der Waals surface area contributed by atoms with Gasteiger partial charge in [-0.1, -0.05) is 11.8 Å². The van der Waals surface area contributed by atoms with Gasteiger partial charge >= 0.3 is 0 Å². The number of alkyl halides is 1. The Morgan fingerprint density at radius 2 is 1.79 bits per heavy atom. The van der Waals surface area contributed by atoms with E-state index in [2.05, 4.69) is 26.7 Å². The van der Waals surface area contributed by atoms with Gasteiger partial charge in [0, 0.05) is 34.8 Å². The minimum Gasteiger partial charge on any atom is -0.326 e. The van der Waals surface area contributed by atoms with Crippen LogP contribution in [0, 0.1) is 11.3 Å². The summed E-state index contributed by atoms with van der Waals surface area (Å²) in [6.07, 6.45) is 1.97. The van der Waals surface area contributed by atoms with Gasteiger partial charge in [0.1, 0.15) is 5.03 Å². The van der Waals surface area contributed by atoms with Crippen LogP contribution in [0.15, 0.2) is 70.7 Å². The van der Waals surface area contributed by atoms with E-state index < -0.39 is 0 Å². The van der Waals surface area contributed by atoms with Crippen LogP contribution in [0.3, 0.4) is 0 Å². The molecule has 1 aromatic heterocycles. The molecule has 140 valence electrons. The van der Waals surface area contributed by atoms with E-state index in [1.807, 2.05) is 30.3 Å². The van der Waals surface area contributed by atoms with Crippen molar-refractivity contribution in [3.63, 3.8) is 0 Å². The van der Waals surface area contributed by atoms with E-state index in [9.17, 15) is 4.79 Å². The molecule has 0 atom stereocenters. The zero-order chi connectivity index (χ0) is 19.8.